The minimum Gasteiger partial charge on any atom is -0.390 e. The molecule has 0 radical (unpaired) electrons. The van der Waals surface area contributed by atoms with Gasteiger partial charge in [-0.15, -0.1) is 0 Å². The molecule has 2 saturated heterocycles. The molecular weight excluding hydrogens is 322 g/mol. The summed E-state index contributed by atoms with van der Waals surface area (Å²) < 4.78 is 0. The van der Waals surface area contributed by atoms with Gasteiger partial charge in [0.2, 0.25) is 0 Å². The second kappa shape index (κ2) is 6.49. The summed E-state index contributed by atoms with van der Waals surface area (Å²) >= 11 is 6.13. The SMILES string of the molecule is OC1(CCN2CCC3(CC2)CNc2cc(Cl)ccc23)CCNCC1. The summed E-state index contributed by atoms with van der Waals surface area (Å²) in [5.41, 5.74) is 2.50. The van der Waals surface area contributed by atoms with Crippen LogP contribution >= 0.6 is 11.6 Å². The fourth-order valence-electron chi connectivity index (χ4n) is 4.64. The first kappa shape index (κ1) is 16.6. The molecule has 3 aliphatic heterocycles. The van der Waals surface area contributed by atoms with Crippen molar-refractivity contribution in [2.24, 2.45) is 0 Å². The largest absolute Gasteiger partial charge is 0.390 e. The Bertz CT molecular complexity index is 592. The molecule has 1 aromatic rings. The molecule has 0 bridgehead atoms. The van der Waals surface area contributed by atoms with Crippen molar-refractivity contribution in [1.82, 2.24) is 10.2 Å². The van der Waals surface area contributed by atoms with Crippen molar-refractivity contribution in [3.05, 3.63) is 28.8 Å². The smallest absolute Gasteiger partial charge is 0.0684 e. The van der Waals surface area contributed by atoms with Crippen LogP contribution < -0.4 is 10.6 Å². The van der Waals surface area contributed by atoms with Gasteiger partial charge in [0.15, 0.2) is 0 Å². The van der Waals surface area contributed by atoms with Crippen molar-refractivity contribution in [1.29, 1.82) is 0 Å². The van der Waals surface area contributed by atoms with Gasteiger partial charge < -0.3 is 20.6 Å². The second-order valence-electron chi connectivity index (χ2n) is 7.89. The minimum atomic E-state index is -0.446. The highest BCUT2D eigenvalue weighted by Gasteiger charge is 2.41. The molecule has 1 aromatic carbocycles. The number of likely N-dealkylation sites (tertiary alicyclic amines) is 1. The van der Waals surface area contributed by atoms with Gasteiger partial charge in [0.05, 0.1) is 5.60 Å². The molecule has 5 heteroatoms. The van der Waals surface area contributed by atoms with Gasteiger partial charge in [0, 0.05) is 29.2 Å². The first-order valence-corrected chi connectivity index (χ1v) is 9.66. The van der Waals surface area contributed by atoms with Gasteiger partial charge in [-0.05, 0) is 76.0 Å². The van der Waals surface area contributed by atoms with E-state index >= 15 is 0 Å². The lowest BCUT2D eigenvalue weighted by molar-refractivity contribution is -0.00841. The number of nitrogens with one attached hydrogen (secondary N) is 2. The number of nitrogens with zero attached hydrogens (tertiary/aromatic N) is 1. The minimum absolute atomic E-state index is 0.280. The number of fused-ring (bicyclic) bond motifs is 2. The van der Waals surface area contributed by atoms with Crippen molar-refractivity contribution in [3.8, 4) is 0 Å². The van der Waals surface area contributed by atoms with E-state index in [4.69, 9.17) is 11.6 Å². The van der Waals surface area contributed by atoms with E-state index in [1.165, 1.54) is 24.1 Å². The van der Waals surface area contributed by atoms with Gasteiger partial charge in [-0.2, -0.15) is 0 Å². The van der Waals surface area contributed by atoms with Crippen LogP contribution in [0.4, 0.5) is 5.69 Å². The molecule has 0 amide bonds. The summed E-state index contributed by atoms with van der Waals surface area (Å²) in [6, 6.07) is 6.30. The molecule has 0 aliphatic carbocycles. The molecule has 132 valence electrons. The lowest BCUT2D eigenvalue weighted by atomic mass is 9.74. The second-order valence-corrected chi connectivity index (χ2v) is 8.33. The third kappa shape index (κ3) is 3.17. The highest BCUT2D eigenvalue weighted by atomic mass is 35.5. The van der Waals surface area contributed by atoms with E-state index in [0.29, 0.717) is 0 Å². The highest BCUT2D eigenvalue weighted by molar-refractivity contribution is 6.30. The van der Waals surface area contributed by atoms with Crippen molar-refractivity contribution in [3.63, 3.8) is 0 Å². The van der Waals surface area contributed by atoms with Crippen LogP contribution in [0.15, 0.2) is 18.2 Å². The summed E-state index contributed by atoms with van der Waals surface area (Å²) in [6.45, 7) is 6.20. The maximum absolute atomic E-state index is 10.7. The van der Waals surface area contributed by atoms with E-state index in [9.17, 15) is 5.11 Å². The monoisotopic (exact) mass is 349 g/mol. The number of aliphatic hydroxyl groups is 1. The average Bonchev–Trinajstić information content (AvgIpc) is 2.93. The Morgan fingerprint density at radius 3 is 2.62 bits per heavy atom. The van der Waals surface area contributed by atoms with Crippen molar-refractivity contribution >= 4 is 17.3 Å². The van der Waals surface area contributed by atoms with Gasteiger partial charge in [-0.1, -0.05) is 17.7 Å². The van der Waals surface area contributed by atoms with Crippen molar-refractivity contribution < 1.29 is 5.11 Å². The number of anilines is 1. The highest BCUT2D eigenvalue weighted by Crippen LogP contribution is 2.44. The number of halogens is 1. The van der Waals surface area contributed by atoms with Gasteiger partial charge in [-0.25, -0.2) is 0 Å². The van der Waals surface area contributed by atoms with Crippen LogP contribution in [0.5, 0.6) is 0 Å². The number of hydrogen-bond donors (Lipinski definition) is 3. The van der Waals surface area contributed by atoms with E-state index < -0.39 is 5.60 Å². The lowest BCUT2D eigenvalue weighted by Gasteiger charge is -2.41. The van der Waals surface area contributed by atoms with Gasteiger partial charge in [0.25, 0.3) is 0 Å². The zero-order chi connectivity index (χ0) is 16.6. The van der Waals surface area contributed by atoms with E-state index in [0.717, 1.165) is 63.6 Å². The zero-order valence-electron chi connectivity index (χ0n) is 14.3. The molecule has 0 saturated carbocycles. The molecule has 1 spiro atoms. The Hall–Kier alpha value is -0.810. The predicted molar refractivity (Wildman–Crippen MR) is 99.0 cm³/mol. The molecule has 24 heavy (non-hydrogen) atoms. The Labute approximate surface area is 149 Å². The Kier molecular flexibility index (Phi) is 4.50. The van der Waals surface area contributed by atoms with Crippen molar-refractivity contribution in [2.45, 2.75) is 43.1 Å². The number of benzene rings is 1. The van der Waals surface area contributed by atoms with E-state index in [2.05, 4.69) is 27.7 Å². The summed E-state index contributed by atoms with van der Waals surface area (Å²) in [4.78, 5) is 2.54. The fraction of sp³-hybridized carbons (Fsp3) is 0.684. The molecule has 0 atom stereocenters. The molecule has 2 fully saturated rings. The van der Waals surface area contributed by atoms with Gasteiger partial charge in [-0.3, -0.25) is 0 Å². The van der Waals surface area contributed by atoms with Crippen LogP contribution in [0.1, 0.15) is 37.7 Å². The third-order valence-corrected chi connectivity index (χ3v) is 6.65. The van der Waals surface area contributed by atoms with Crippen LogP contribution in [-0.2, 0) is 5.41 Å². The normalized spacial score (nSPS) is 25.4. The van der Waals surface area contributed by atoms with Crippen LogP contribution in [0, 0.1) is 0 Å². The number of rotatable bonds is 3. The fourth-order valence-corrected chi connectivity index (χ4v) is 4.82. The van der Waals surface area contributed by atoms with Crippen LogP contribution in [0.2, 0.25) is 5.02 Å². The van der Waals surface area contributed by atoms with Crippen LogP contribution in [0.3, 0.4) is 0 Å². The van der Waals surface area contributed by atoms with E-state index in [1.54, 1.807) is 0 Å². The zero-order valence-corrected chi connectivity index (χ0v) is 15.0. The van der Waals surface area contributed by atoms with Gasteiger partial charge in [0.1, 0.15) is 0 Å². The molecular formula is C19H28ClN3O. The number of hydrogen-bond acceptors (Lipinski definition) is 4. The maximum atomic E-state index is 10.7. The summed E-state index contributed by atoms with van der Waals surface area (Å²) in [6.07, 6.45) is 5.07. The molecule has 4 rings (SSSR count). The Morgan fingerprint density at radius 1 is 1.12 bits per heavy atom. The molecule has 3 heterocycles. The lowest BCUT2D eigenvalue weighted by Crippen LogP contribution is -2.47. The first-order chi connectivity index (χ1) is 11.6. The standard InChI is InChI=1S/C19H28ClN3O/c20-15-1-2-16-17(13-15)22-14-18(16)5-10-23(11-6-18)12-7-19(24)3-8-21-9-4-19/h1-2,13,21-22,24H,3-12,14H2. The quantitative estimate of drug-likeness (QED) is 0.785. The summed E-state index contributed by atoms with van der Waals surface area (Å²) in [7, 11) is 0. The first-order valence-electron chi connectivity index (χ1n) is 9.28. The maximum Gasteiger partial charge on any atom is 0.0684 e. The molecule has 0 unspecified atom stereocenters. The Morgan fingerprint density at radius 2 is 1.88 bits per heavy atom. The number of piperidine rings is 2. The summed E-state index contributed by atoms with van der Waals surface area (Å²) in [5, 5.41) is 18.4. The average molecular weight is 350 g/mol. The molecule has 4 nitrogen and oxygen atoms in total. The third-order valence-electron chi connectivity index (χ3n) is 6.41. The van der Waals surface area contributed by atoms with E-state index in [-0.39, 0.29) is 5.41 Å². The van der Waals surface area contributed by atoms with Crippen molar-refractivity contribution in [2.75, 3.05) is 44.6 Å². The van der Waals surface area contributed by atoms with Crippen LogP contribution in [-0.4, -0.2) is 54.9 Å². The topological polar surface area (TPSA) is 47.5 Å². The molecule has 0 aromatic heterocycles. The van der Waals surface area contributed by atoms with Crippen LogP contribution in [0.25, 0.3) is 0 Å². The van der Waals surface area contributed by atoms with Gasteiger partial charge >= 0.3 is 0 Å². The predicted octanol–water partition coefficient (Wildman–Crippen LogP) is 2.60. The molecule has 3 N–H and O–H groups in total. The van der Waals surface area contributed by atoms with E-state index in [1.807, 2.05) is 6.07 Å². The summed E-state index contributed by atoms with van der Waals surface area (Å²) in [5.74, 6) is 0. The molecule has 3 aliphatic rings. The Balaban J connectivity index is 1.34.